The molecule has 2 aliphatic rings. The van der Waals surface area contributed by atoms with E-state index in [1.54, 1.807) is 12.1 Å². The number of hydrogen-bond donors (Lipinski definition) is 1. The van der Waals surface area contributed by atoms with E-state index in [4.69, 9.17) is 9.47 Å². The van der Waals surface area contributed by atoms with Crippen LogP contribution in [-0.2, 0) is 11.2 Å². The Morgan fingerprint density at radius 2 is 1.69 bits per heavy atom. The van der Waals surface area contributed by atoms with Crippen LogP contribution in [-0.4, -0.2) is 24.9 Å². The Bertz CT molecular complexity index is 827. The lowest BCUT2D eigenvalue weighted by atomic mass is 10.0. The van der Waals surface area contributed by atoms with Crippen LogP contribution in [0.3, 0.4) is 0 Å². The molecule has 0 bridgehead atoms. The molecule has 134 valence electrons. The van der Waals surface area contributed by atoms with Crippen molar-refractivity contribution in [2.75, 3.05) is 18.5 Å². The monoisotopic (exact) mass is 351 g/mol. The van der Waals surface area contributed by atoms with Crippen LogP contribution in [0.15, 0.2) is 42.5 Å². The molecule has 2 aromatic rings. The minimum Gasteiger partial charge on any atom is -0.486 e. The first-order chi connectivity index (χ1) is 12.7. The van der Waals surface area contributed by atoms with Gasteiger partial charge in [-0.3, -0.25) is 9.59 Å². The van der Waals surface area contributed by atoms with E-state index < -0.39 is 0 Å². The van der Waals surface area contributed by atoms with E-state index >= 15 is 0 Å². The summed E-state index contributed by atoms with van der Waals surface area (Å²) in [5.41, 5.74) is 2.15. The largest absolute Gasteiger partial charge is 0.486 e. The van der Waals surface area contributed by atoms with Crippen molar-refractivity contribution in [2.45, 2.75) is 25.7 Å². The van der Waals surface area contributed by atoms with Gasteiger partial charge in [0.25, 0.3) is 0 Å². The number of hydrogen-bond acceptors (Lipinski definition) is 4. The Morgan fingerprint density at radius 3 is 2.38 bits per heavy atom. The first-order valence-corrected chi connectivity index (χ1v) is 9.02. The van der Waals surface area contributed by atoms with Gasteiger partial charge in [0.05, 0.1) is 5.69 Å². The fraction of sp³-hybridized carbons (Fsp3) is 0.333. The van der Waals surface area contributed by atoms with Gasteiger partial charge >= 0.3 is 0 Å². The molecule has 0 aromatic heterocycles. The maximum atomic E-state index is 12.6. The third kappa shape index (κ3) is 3.72. The van der Waals surface area contributed by atoms with Crippen LogP contribution in [0.2, 0.25) is 0 Å². The number of carbonyl (C=O) groups excluding carboxylic acids is 2. The smallest absolute Gasteiger partial charge is 0.224 e. The van der Waals surface area contributed by atoms with Crippen molar-refractivity contribution in [3.63, 3.8) is 0 Å². The second-order valence-electron chi connectivity index (χ2n) is 6.71. The summed E-state index contributed by atoms with van der Waals surface area (Å²) in [6, 6.07) is 13.3. The maximum Gasteiger partial charge on any atom is 0.224 e. The molecule has 1 aliphatic carbocycles. The predicted molar refractivity (Wildman–Crippen MR) is 97.9 cm³/mol. The Kier molecular flexibility index (Phi) is 4.61. The van der Waals surface area contributed by atoms with Gasteiger partial charge in [-0.05, 0) is 30.9 Å². The van der Waals surface area contributed by atoms with Crippen LogP contribution in [0.25, 0.3) is 0 Å². The molecule has 1 fully saturated rings. The molecule has 1 heterocycles. The normalized spacial score (nSPS) is 15.4. The molecule has 0 radical (unpaired) electrons. The molecule has 26 heavy (non-hydrogen) atoms. The van der Waals surface area contributed by atoms with E-state index in [0.717, 1.165) is 18.4 Å². The average molecular weight is 351 g/mol. The number of benzene rings is 2. The van der Waals surface area contributed by atoms with E-state index in [1.165, 1.54) is 0 Å². The molecule has 1 N–H and O–H groups in total. The molecular formula is C21H21NO4. The number of Topliss-reactive ketones (excluding diaryl/α,β-unsaturated/α-hetero) is 1. The molecule has 2 aromatic carbocycles. The first-order valence-electron chi connectivity index (χ1n) is 9.02. The molecule has 0 saturated heterocycles. The number of nitrogens with one attached hydrogen (secondary N) is 1. The minimum atomic E-state index is -0.115. The van der Waals surface area contributed by atoms with Gasteiger partial charge in [-0.15, -0.1) is 0 Å². The van der Waals surface area contributed by atoms with Crippen molar-refractivity contribution in [1.82, 2.24) is 0 Å². The van der Waals surface area contributed by atoms with Gasteiger partial charge in [-0.25, -0.2) is 0 Å². The summed E-state index contributed by atoms with van der Waals surface area (Å²) >= 11 is 0. The standard InChI is InChI=1S/C21H21NO4/c23-20(9-6-14-4-2-1-3-5-14)22-17-13-19-18(25-10-11-26-19)12-16(17)21(24)15-7-8-15/h1-5,12-13,15H,6-11H2,(H,22,23). The lowest BCUT2D eigenvalue weighted by Crippen LogP contribution is -2.19. The molecular weight excluding hydrogens is 330 g/mol. The number of aryl methyl sites for hydroxylation is 1. The quantitative estimate of drug-likeness (QED) is 0.807. The molecule has 1 amide bonds. The van der Waals surface area contributed by atoms with Crippen molar-refractivity contribution in [3.8, 4) is 11.5 Å². The van der Waals surface area contributed by atoms with Crippen LogP contribution in [0.4, 0.5) is 5.69 Å². The molecule has 0 spiro atoms. The van der Waals surface area contributed by atoms with Crippen LogP contribution < -0.4 is 14.8 Å². The van der Waals surface area contributed by atoms with Crippen LogP contribution >= 0.6 is 0 Å². The fourth-order valence-electron chi connectivity index (χ4n) is 3.08. The zero-order valence-corrected chi connectivity index (χ0v) is 14.5. The van der Waals surface area contributed by atoms with Gasteiger partial charge < -0.3 is 14.8 Å². The summed E-state index contributed by atoms with van der Waals surface area (Å²) in [7, 11) is 0. The molecule has 5 heteroatoms. The van der Waals surface area contributed by atoms with Gasteiger partial charge in [0.15, 0.2) is 17.3 Å². The highest BCUT2D eigenvalue weighted by Crippen LogP contribution is 2.40. The summed E-state index contributed by atoms with van der Waals surface area (Å²) in [6.07, 6.45) is 2.84. The lowest BCUT2D eigenvalue weighted by molar-refractivity contribution is -0.116. The zero-order valence-electron chi connectivity index (χ0n) is 14.5. The van der Waals surface area contributed by atoms with E-state index in [0.29, 0.717) is 48.8 Å². The Labute approximate surface area is 152 Å². The summed E-state index contributed by atoms with van der Waals surface area (Å²) in [6.45, 7) is 0.928. The number of rotatable bonds is 6. The molecule has 0 atom stereocenters. The highest BCUT2D eigenvalue weighted by Gasteiger charge is 2.33. The van der Waals surface area contributed by atoms with Gasteiger partial charge in [0.1, 0.15) is 13.2 Å². The number of anilines is 1. The summed E-state index contributed by atoms with van der Waals surface area (Å²) in [5.74, 6) is 1.16. The number of amides is 1. The van der Waals surface area contributed by atoms with E-state index in [9.17, 15) is 9.59 Å². The topological polar surface area (TPSA) is 64.6 Å². The SMILES string of the molecule is O=C(CCc1ccccc1)Nc1cc2c(cc1C(=O)C1CC1)OCCO2. The molecule has 1 saturated carbocycles. The van der Waals surface area contributed by atoms with Crippen molar-refractivity contribution in [3.05, 3.63) is 53.6 Å². The van der Waals surface area contributed by atoms with Crippen molar-refractivity contribution >= 4 is 17.4 Å². The molecule has 5 nitrogen and oxygen atoms in total. The Balaban J connectivity index is 1.52. The summed E-state index contributed by atoms with van der Waals surface area (Å²) in [5, 5.41) is 2.90. The van der Waals surface area contributed by atoms with Crippen LogP contribution in [0, 0.1) is 5.92 Å². The van der Waals surface area contributed by atoms with Crippen LogP contribution in [0.1, 0.15) is 35.2 Å². The van der Waals surface area contributed by atoms with Crippen molar-refractivity contribution < 1.29 is 19.1 Å². The highest BCUT2D eigenvalue weighted by molar-refractivity contribution is 6.07. The first kappa shape index (κ1) is 16.6. The Morgan fingerprint density at radius 1 is 1.00 bits per heavy atom. The number of ether oxygens (including phenoxy) is 2. The van der Waals surface area contributed by atoms with Gasteiger partial charge in [-0.1, -0.05) is 30.3 Å². The third-order valence-electron chi connectivity index (χ3n) is 4.65. The lowest BCUT2D eigenvalue weighted by Gasteiger charge is -2.21. The minimum absolute atomic E-state index is 0.0672. The zero-order chi connectivity index (χ0) is 17.9. The number of fused-ring (bicyclic) bond motifs is 1. The number of carbonyl (C=O) groups is 2. The molecule has 4 rings (SSSR count). The van der Waals surface area contributed by atoms with Crippen molar-refractivity contribution in [2.24, 2.45) is 5.92 Å². The van der Waals surface area contributed by atoms with E-state index in [1.807, 2.05) is 30.3 Å². The Hall–Kier alpha value is -2.82. The molecule has 0 unspecified atom stereocenters. The summed E-state index contributed by atoms with van der Waals surface area (Å²) in [4.78, 5) is 25.0. The predicted octanol–water partition coefficient (Wildman–Crippen LogP) is 3.62. The maximum absolute atomic E-state index is 12.6. The second-order valence-corrected chi connectivity index (χ2v) is 6.71. The van der Waals surface area contributed by atoms with Gasteiger partial charge in [-0.2, -0.15) is 0 Å². The summed E-state index contributed by atoms with van der Waals surface area (Å²) < 4.78 is 11.2. The number of ketones is 1. The van der Waals surface area contributed by atoms with E-state index in [2.05, 4.69) is 5.32 Å². The highest BCUT2D eigenvalue weighted by atomic mass is 16.6. The van der Waals surface area contributed by atoms with Gasteiger partial charge in [0, 0.05) is 24.0 Å². The average Bonchev–Trinajstić information content (AvgIpc) is 3.51. The second kappa shape index (κ2) is 7.20. The van der Waals surface area contributed by atoms with Crippen LogP contribution in [0.5, 0.6) is 11.5 Å². The van der Waals surface area contributed by atoms with E-state index in [-0.39, 0.29) is 17.6 Å². The van der Waals surface area contributed by atoms with Gasteiger partial charge in [0.2, 0.25) is 5.91 Å². The van der Waals surface area contributed by atoms with Crippen molar-refractivity contribution in [1.29, 1.82) is 0 Å². The third-order valence-corrected chi connectivity index (χ3v) is 4.65. The molecule has 1 aliphatic heterocycles. The fourth-order valence-corrected chi connectivity index (χ4v) is 3.08.